The fourth-order valence-corrected chi connectivity index (χ4v) is 2.43. The molecule has 0 aliphatic carbocycles. The molecular formula is C7H15F3O5Si. The van der Waals surface area contributed by atoms with Gasteiger partial charge < -0.3 is 18.0 Å². The highest BCUT2D eigenvalue weighted by Gasteiger charge is 2.37. The topological polar surface area (TPSA) is 46.2 Å². The van der Waals surface area contributed by atoms with Crippen LogP contribution in [-0.4, -0.2) is 49.9 Å². The highest BCUT2D eigenvalue weighted by atomic mass is 28.4. The van der Waals surface area contributed by atoms with Gasteiger partial charge in [-0.25, -0.2) is 0 Å². The quantitative estimate of drug-likeness (QED) is 0.376. The smallest absolute Gasteiger partial charge is 0.377 e. The van der Waals surface area contributed by atoms with Crippen LogP contribution in [-0.2, 0) is 22.8 Å². The van der Waals surface area contributed by atoms with Crippen LogP contribution < -0.4 is 0 Å². The second-order valence-electron chi connectivity index (χ2n) is 2.66. The van der Waals surface area contributed by atoms with Gasteiger partial charge in [-0.3, -0.25) is 4.74 Å². The first-order valence-corrected chi connectivity index (χ1v) is 6.26. The number of rotatable bonds is 8. The zero-order valence-corrected chi connectivity index (χ0v) is 10.3. The number of alkyl halides is 3. The second kappa shape index (κ2) is 7.19. The molecule has 0 amide bonds. The van der Waals surface area contributed by atoms with E-state index in [9.17, 15) is 13.2 Å². The van der Waals surface area contributed by atoms with Gasteiger partial charge in [0.15, 0.2) is 6.79 Å². The van der Waals surface area contributed by atoms with Gasteiger partial charge in [0.05, 0.1) is 6.61 Å². The molecule has 16 heavy (non-hydrogen) atoms. The van der Waals surface area contributed by atoms with Crippen molar-refractivity contribution in [2.75, 3.05) is 34.7 Å². The molecule has 0 aromatic heterocycles. The van der Waals surface area contributed by atoms with Crippen LogP contribution in [0.3, 0.4) is 0 Å². The Labute approximate surface area is 92.7 Å². The molecule has 5 nitrogen and oxygen atoms in total. The van der Waals surface area contributed by atoms with Crippen LogP contribution >= 0.6 is 0 Å². The van der Waals surface area contributed by atoms with Crippen LogP contribution in [0.4, 0.5) is 13.2 Å². The summed E-state index contributed by atoms with van der Waals surface area (Å²) in [5, 5.41) is 0. The molecule has 0 aromatic rings. The lowest BCUT2D eigenvalue weighted by molar-refractivity contribution is -0.349. The van der Waals surface area contributed by atoms with Crippen molar-refractivity contribution >= 4 is 8.80 Å². The summed E-state index contributed by atoms with van der Waals surface area (Å²) in [4.78, 5) is 0. The van der Waals surface area contributed by atoms with Gasteiger partial charge in [0.1, 0.15) is 0 Å². The number of halogens is 3. The van der Waals surface area contributed by atoms with E-state index in [0.717, 1.165) is 0 Å². The van der Waals surface area contributed by atoms with E-state index in [0.29, 0.717) is 0 Å². The molecule has 0 radical (unpaired) electrons. The fraction of sp³-hybridized carbons (Fsp3) is 1.00. The van der Waals surface area contributed by atoms with Crippen molar-refractivity contribution in [3.8, 4) is 0 Å². The SMILES string of the molecule is CO[Si](CCOCOC(F)(F)F)(OC)OC. The molecule has 0 heterocycles. The first-order valence-electron chi connectivity index (χ1n) is 4.33. The Morgan fingerprint density at radius 3 is 1.88 bits per heavy atom. The summed E-state index contributed by atoms with van der Waals surface area (Å²) in [6.45, 7) is -0.858. The molecule has 0 unspecified atom stereocenters. The monoisotopic (exact) mass is 264 g/mol. The average molecular weight is 264 g/mol. The van der Waals surface area contributed by atoms with Crippen molar-refractivity contribution < 1.29 is 35.9 Å². The Balaban J connectivity index is 3.71. The van der Waals surface area contributed by atoms with Crippen molar-refractivity contribution in [3.05, 3.63) is 0 Å². The van der Waals surface area contributed by atoms with Crippen molar-refractivity contribution in [3.63, 3.8) is 0 Å². The average Bonchev–Trinajstić information content (AvgIpc) is 2.23. The summed E-state index contributed by atoms with van der Waals surface area (Å²) >= 11 is 0. The van der Waals surface area contributed by atoms with Crippen molar-refractivity contribution in [2.24, 2.45) is 0 Å². The van der Waals surface area contributed by atoms with Gasteiger partial charge in [-0.05, 0) is 0 Å². The molecule has 0 atom stereocenters. The van der Waals surface area contributed by atoms with Gasteiger partial charge in [-0.2, -0.15) is 0 Å². The van der Waals surface area contributed by atoms with Crippen molar-refractivity contribution in [2.45, 2.75) is 12.4 Å². The number of hydrogen-bond donors (Lipinski definition) is 0. The van der Waals surface area contributed by atoms with Gasteiger partial charge in [-0.15, -0.1) is 13.2 Å². The maximum atomic E-state index is 11.5. The molecule has 0 fully saturated rings. The van der Waals surface area contributed by atoms with Gasteiger partial charge in [0, 0.05) is 27.4 Å². The van der Waals surface area contributed by atoms with E-state index in [1.807, 2.05) is 0 Å². The lowest BCUT2D eigenvalue weighted by Crippen LogP contribution is -2.43. The van der Waals surface area contributed by atoms with Crippen LogP contribution in [0.5, 0.6) is 0 Å². The molecule has 0 aromatic carbocycles. The number of hydrogen-bond acceptors (Lipinski definition) is 5. The van der Waals surface area contributed by atoms with E-state index >= 15 is 0 Å². The molecule has 0 rings (SSSR count). The molecule has 0 saturated carbocycles. The zero-order chi connectivity index (χ0) is 12.7. The van der Waals surface area contributed by atoms with Crippen LogP contribution in [0, 0.1) is 0 Å². The third-order valence-electron chi connectivity index (χ3n) is 1.79. The molecule has 0 N–H and O–H groups in total. The highest BCUT2D eigenvalue weighted by molar-refractivity contribution is 6.60. The first-order chi connectivity index (χ1) is 7.39. The Morgan fingerprint density at radius 2 is 1.50 bits per heavy atom. The minimum atomic E-state index is -4.68. The molecule has 0 spiro atoms. The fourth-order valence-electron chi connectivity index (χ4n) is 0.921. The predicted molar refractivity (Wildman–Crippen MR) is 49.5 cm³/mol. The first kappa shape index (κ1) is 15.8. The minimum absolute atomic E-state index is 0.00216. The van der Waals surface area contributed by atoms with Crippen LogP contribution in [0.1, 0.15) is 0 Å². The van der Waals surface area contributed by atoms with E-state index in [-0.39, 0.29) is 12.7 Å². The predicted octanol–water partition coefficient (Wildman–Crippen LogP) is 1.38. The molecule has 0 saturated heterocycles. The summed E-state index contributed by atoms with van der Waals surface area (Å²) in [6, 6.07) is 0.248. The van der Waals surface area contributed by atoms with Gasteiger partial charge in [0.2, 0.25) is 0 Å². The summed E-state index contributed by atoms with van der Waals surface area (Å²) in [6.07, 6.45) is -4.68. The third kappa shape index (κ3) is 6.40. The van der Waals surface area contributed by atoms with E-state index in [1.54, 1.807) is 0 Å². The molecular weight excluding hydrogens is 249 g/mol. The molecule has 0 aliphatic rings. The van der Waals surface area contributed by atoms with Crippen LogP contribution in [0.2, 0.25) is 6.04 Å². The summed E-state index contributed by atoms with van der Waals surface area (Å²) < 4.78 is 57.8. The Morgan fingerprint density at radius 1 is 1.00 bits per heavy atom. The third-order valence-corrected chi connectivity index (χ3v) is 4.47. The molecule has 98 valence electrons. The van der Waals surface area contributed by atoms with E-state index in [1.165, 1.54) is 21.3 Å². The molecule has 9 heteroatoms. The second-order valence-corrected chi connectivity index (χ2v) is 5.75. The normalized spacial score (nSPS) is 13.1. The highest BCUT2D eigenvalue weighted by Crippen LogP contribution is 2.16. The Hall–Kier alpha value is -0.193. The lowest BCUT2D eigenvalue weighted by atomic mass is 10.9. The maximum Gasteiger partial charge on any atom is 0.524 e. The van der Waals surface area contributed by atoms with Gasteiger partial charge in [0.25, 0.3) is 0 Å². The molecule has 0 aliphatic heterocycles. The number of ether oxygens (including phenoxy) is 2. The molecule has 0 bridgehead atoms. The van der Waals surface area contributed by atoms with Crippen molar-refractivity contribution in [1.82, 2.24) is 0 Å². The summed E-state index contributed by atoms with van der Waals surface area (Å²) in [7, 11) is 1.45. The largest absolute Gasteiger partial charge is 0.524 e. The van der Waals surface area contributed by atoms with E-state index in [2.05, 4.69) is 9.47 Å². The Bertz CT molecular complexity index is 177. The Kier molecular flexibility index (Phi) is 7.11. The van der Waals surface area contributed by atoms with Gasteiger partial charge in [-0.1, -0.05) is 0 Å². The van der Waals surface area contributed by atoms with E-state index < -0.39 is 22.0 Å². The lowest BCUT2D eigenvalue weighted by Gasteiger charge is -2.24. The summed E-state index contributed by atoms with van der Waals surface area (Å²) in [5.74, 6) is 0. The van der Waals surface area contributed by atoms with Crippen molar-refractivity contribution in [1.29, 1.82) is 0 Å². The van der Waals surface area contributed by atoms with Crippen LogP contribution in [0.25, 0.3) is 0 Å². The standard InChI is InChI=1S/C7H15F3O5Si/c1-11-16(12-2,13-3)5-4-14-6-15-7(8,9)10/h4-6H2,1-3H3. The maximum absolute atomic E-state index is 11.5. The zero-order valence-electron chi connectivity index (χ0n) is 9.30. The van der Waals surface area contributed by atoms with Crippen LogP contribution in [0.15, 0.2) is 0 Å². The minimum Gasteiger partial charge on any atom is -0.377 e. The van der Waals surface area contributed by atoms with Gasteiger partial charge >= 0.3 is 15.2 Å². The van der Waals surface area contributed by atoms with E-state index in [4.69, 9.17) is 13.3 Å². The summed E-state index contributed by atoms with van der Waals surface area (Å²) in [5.41, 5.74) is 0.